The molecule has 0 N–H and O–H groups in total. The fourth-order valence-electron chi connectivity index (χ4n) is 2.19. The van der Waals surface area contributed by atoms with Gasteiger partial charge in [0.2, 0.25) is 0 Å². The van der Waals surface area contributed by atoms with Crippen molar-refractivity contribution in [3.05, 3.63) is 41.5 Å². The third kappa shape index (κ3) is 2.50. The second-order valence-corrected chi connectivity index (χ2v) is 6.43. The third-order valence-corrected chi connectivity index (χ3v) is 4.28. The van der Waals surface area contributed by atoms with Crippen LogP contribution in [0.4, 0.5) is 0 Å². The molecule has 1 heterocycles. The molecule has 0 spiro atoms. The first-order valence-electron chi connectivity index (χ1n) is 6.76. The van der Waals surface area contributed by atoms with Gasteiger partial charge in [0, 0.05) is 0 Å². The van der Waals surface area contributed by atoms with Gasteiger partial charge in [0.15, 0.2) is 0 Å². The van der Waals surface area contributed by atoms with Crippen molar-refractivity contribution in [1.82, 2.24) is 0 Å². The van der Waals surface area contributed by atoms with Gasteiger partial charge in [0.25, 0.3) is 0 Å². The summed E-state index contributed by atoms with van der Waals surface area (Å²) in [5, 5.41) is 0. The quantitative estimate of drug-likeness (QED) is 0.748. The van der Waals surface area contributed by atoms with E-state index in [4.69, 9.17) is 9.31 Å². The largest absolute Gasteiger partial charge is 0.494 e. The van der Waals surface area contributed by atoms with Crippen molar-refractivity contribution in [2.45, 2.75) is 52.7 Å². The molecule has 3 heteroatoms. The molecular formula is C16H23BO2. The second-order valence-electron chi connectivity index (χ2n) is 6.43. The second kappa shape index (κ2) is 4.50. The fraction of sp³-hybridized carbons (Fsp3) is 0.500. The molecule has 102 valence electrons. The summed E-state index contributed by atoms with van der Waals surface area (Å²) in [5.41, 5.74) is 3.80. The number of aryl methyl sites for hydroxylation is 2. The van der Waals surface area contributed by atoms with E-state index >= 15 is 0 Å². The maximum absolute atomic E-state index is 6.05. The fourth-order valence-corrected chi connectivity index (χ4v) is 2.19. The number of hydrogen-bond donors (Lipinski definition) is 0. The average molecular weight is 258 g/mol. The topological polar surface area (TPSA) is 18.5 Å². The average Bonchev–Trinajstić information content (AvgIpc) is 2.51. The highest BCUT2D eigenvalue weighted by Crippen LogP contribution is 2.40. The van der Waals surface area contributed by atoms with Gasteiger partial charge in [-0.3, -0.25) is 0 Å². The molecule has 0 amide bonds. The van der Waals surface area contributed by atoms with Crippen molar-refractivity contribution in [3.8, 4) is 0 Å². The van der Waals surface area contributed by atoms with Crippen molar-refractivity contribution in [2.75, 3.05) is 0 Å². The first-order chi connectivity index (χ1) is 8.64. The molecule has 0 aliphatic carbocycles. The van der Waals surface area contributed by atoms with Crippen LogP contribution in [0.3, 0.4) is 0 Å². The van der Waals surface area contributed by atoms with E-state index in [0.29, 0.717) is 0 Å². The summed E-state index contributed by atoms with van der Waals surface area (Å²) in [7, 11) is -0.370. The van der Waals surface area contributed by atoms with Crippen molar-refractivity contribution in [1.29, 1.82) is 0 Å². The van der Waals surface area contributed by atoms with Crippen LogP contribution in [-0.4, -0.2) is 18.3 Å². The molecule has 1 aliphatic heterocycles. The molecule has 1 aromatic rings. The Balaban J connectivity index is 2.30. The molecule has 1 fully saturated rings. The highest BCUT2D eigenvalue weighted by molar-refractivity contribution is 6.68. The SMILES string of the molecule is C=C(B1OC(C)(C)C(C)(C)O1)c1cc(C)ccc1C. The Morgan fingerprint density at radius 1 is 1.05 bits per heavy atom. The lowest BCUT2D eigenvalue weighted by atomic mass is 9.74. The summed E-state index contributed by atoms with van der Waals surface area (Å²) in [4.78, 5) is 0. The van der Waals surface area contributed by atoms with E-state index in [2.05, 4.69) is 66.3 Å². The van der Waals surface area contributed by atoms with E-state index in [1.165, 1.54) is 11.1 Å². The molecule has 0 radical (unpaired) electrons. The van der Waals surface area contributed by atoms with Crippen molar-refractivity contribution in [2.24, 2.45) is 0 Å². The summed E-state index contributed by atoms with van der Waals surface area (Å²) in [6, 6.07) is 6.36. The highest BCUT2D eigenvalue weighted by atomic mass is 16.7. The van der Waals surface area contributed by atoms with E-state index in [-0.39, 0.29) is 18.3 Å². The third-order valence-electron chi connectivity index (χ3n) is 4.28. The van der Waals surface area contributed by atoms with Gasteiger partial charge in [0.1, 0.15) is 0 Å². The predicted octanol–water partition coefficient (Wildman–Crippen LogP) is 3.95. The van der Waals surface area contributed by atoms with Gasteiger partial charge in [-0.1, -0.05) is 30.3 Å². The molecule has 0 bridgehead atoms. The van der Waals surface area contributed by atoms with Crippen LogP contribution in [-0.2, 0) is 9.31 Å². The lowest BCUT2D eigenvalue weighted by molar-refractivity contribution is 0.00578. The van der Waals surface area contributed by atoms with Gasteiger partial charge < -0.3 is 9.31 Å². The standard InChI is InChI=1S/C16H23BO2/c1-11-8-9-12(2)14(10-11)13(3)17-18-15(4,5)16(6,7)19-17/h8-10H,3H2,1-2,4-7H3. The minimum atomic E-state index is -0.370. The van der Waals surface area contributed by atoms with Gasteiger partial charge in [-0.15, -0.1) is 0 Å². The normalized spacial score (nSPS) is 20.6. The Hall–Kier alpha value is -1.06. The van der Waals surface area contributed by atoms with Crippen LogP contribution < -0.4 is 0 Å². The first kappa shape index (κ1) is 14.4. The minimum Gasteiger partial charge on any atom is -0.399 e. The number of rotatable bonds is 2. The Labute approximate surface area is 117 Å². The minimum absolute atomic E-state index is 0.321. The lowest BCUT2D eigenvalue weighted by Gasteiger charge is -2.32. The summed E-state index contributed by atoms with van der Waals surface area (Å²) in [6.45, 7) is 16.6. The number of benzene rings is 1. The smallest absolute Gasteiger partial charge is 0.399 e. The Kier molecular flexibility index (Phi) is 3.40. The van der Waals surface area contributed by atoms with Crippen LogP contribution in [0.25, 0.3) is 5.47 Å². The zero-order valence-corrected chi connectivity index (χ0v) is 12.8. The van der Waals surface area contributed by atoms with Crippen LogP contribution in [0.15, 0.2) is 24.8 Å². The van der Waals surface area contributed by atoms with E-state index in [1.807, 2.05) is 0 Å². The predicted molar refractivity (Wildman–Crippen MR) is 81.0 cm³/mol. The monoisotopic (exact) mass is 258 g/mol. The van der Waals surface area contributed by atoms with E-state index < -0.39 is 0 Å². The van der Waals surface area contributed by atoms with Crippen LogP contribution >= 0.6 is 0 Å². The molecule has 1 aliphatic rings. The van der Waals surface area contributed by atoms with Crippen LogP contribution in [0.5, 0.6) is 0 Å². The zero-order valence-electron chi connectivity index (χ0n) is 12.8. The molecule has 2 rings (SSSR count). The molecule has 1 saturated heterocycles. The molecule has 2 nitrogen and oxygen atoms in total. The maximum Gasteiger partial charge on any atom is 0.494 e. The van der Waals surface area contributed by atoms with E-state index in [1.54, 1.807) is 0 Å². The Morgan fingerprint density at radius 2 is 1.58 bits per heavy atom. The Bertz CT molecular complexity index is 501. The summed E-state index contributed by atoms with van der Waals surface area (Å²) >= 11 is 0. The van der Waals surface area contributed by atoms with Crippen molar-refractivity contribution < 1.29 is 9.31 Å². The molecule has 0 saturated carbocycles. The summed E-state index contributed by atoms with van der Waals surface area (Å²) in [6.07, 6.45) is 0. The van der Waals surface area contributed by atoms with Gasteiger partial charge in [-0.2, -0.15) is 0 Å². The summed E-state index contributed by atoms with van der Waals surface area (Å²) in [5.74, 6) is 0. The van der Waals surface area contributed by atoms with Gasteiger partial charge >= 0.3 is 7.12 Å². The van der Waals surface area contributed by atoms with Gasteiger partial charge in [0.05, 0.1) is 11.2 Å². The van der Waals surface area contributed by atoms with Crippen LogP contribution in [0.1, 0.15) is 44.4 Å². The molecule has 1 aromatic carbocycles. The van der Waals surface area contributed by atoms with Crippen LogP contribution in [0, 0.1) is 13.8 Å². The van der Waals surface area contributed by atoms with E-state index in [9.17, 15) is 0 Å². The Morgan fingerprint density at radius 3 is 2.11 bits per heavy atom. The van der Waals surface area contributed by atoms with Gasteiger partial charge in [-0.25, -0.2) is 0 Å². The highest BCUT2D eigenvalue weighted by Gasteiger charge is 2.52. The zero-order chi connectivity index (χ0) is 14.4. The molecule has 0 unspecified atom stereocenters. The first-order valence-corrected chi connectivity index (χ1v) is 6.76. The van der Waals surface area contributed by atoms with Gasteiger partial charge in [-0.05, 0) is 58.1 Å². The molecular weight excluding hydrogens is 235 g/mol. The summed E-state index contributed by atoms with van der Waals surface area (Å²) < 4.78 is 12.1. The van der Waals surface area contributed by atoms with Crippen molar-refractivity contribution in [3.63, 3.8) is 0 Å². The van der Waals surface area contributed by atoms with E-state index in [0.717, 1.165) is 11.0 Å². The van der Waals surface area contributed by atoms with Crippen molar-refractivity contribution >= 4 is 12.6 Å². The molecule has 19 heavy (non-hydrogen) atoms. The number of hydrogen-bond acceptors (Lipinski definition) is 2. The molecule has 0 aromatic heterocycles. The van der Waals surface area contributed by atoms with Crippen LogP contribution in [0.2, 0.25) is 0 Å². The lowest BCUT2D eigenvalue weighted by Crippen LogP contribution is -2.41. The molecule has 0 atom stereocenters. The maximum atomic E-state index is 6.05.